The number of thiol groups is 1. The quantitative estimate of drug-likeness (QED) is 0.755. The van der Waals surface area contributed by atoms with Crippen molar-refractivity contribution in [3.63, 3.8) is 0 Å². The fourth-order valence-corrected chi connectivity index (χ4v) is 1.81. The van der Waals surface area contributed by atoms with Gasteiger partial charge in [0.2, 0.25) is 0 Å². The molecular formula is C8H8Cl2OS. The van der Waals surface area contributed by atoms with Gasteiger partial charge in [0.05, 0.1) is 12.1 Å². The predicted molar refractivity (Wildman–Crippen MR) is 55.7 cm³/mol. The van der Waals surface area contributed by atoms with Crippen molar-refractivity contribution in [3.05, 3.63) is 27.7 Å². The monoisotopic (exact) mass is 222 g/mol. The van der Waals surface area contributed by atoms with Crippen molar-refractivity contribution in [1.29, 1.82) is 0 Å². The highest BCUT2D eigenvalue weighted by Gasteiger charge is 2.07. The number of halogens is 2. The molecule has 0 heterocycles. The van der Waals surface area contributed by atoms with Gasteiger partial charge in [0.1, 0.15) is 5.75 Å². The van der Waals surface area contributed by atoms with Crippen molar-refractivity contribution in [2.24, 2.45) is 0 Å². The van der Waals surface area contributed by atoms with Crippen LogP contribution in [0, 0.1) is 0 Å². The van der Waals surface area contributed by atoms with Crippen LogP contribution in [0.1, 0.15) is 5.56 Å². The summed E-state index contributed by atoms with van der Waals surface area (Å²) < 4.78 is 5.08. The maximum absolute atomic E-state index is 5.87. The summed E-state index contributed by atoms with van der Waals surface area (Å²) in [7, 11) is 1.57. The molecule has 0 fully saturated rings. The fraction of sp³-hybridized carbons (Fsp3) is 0.250. The molecule has 0 aliphatic rings. The molecule has 0 aliphatic carbocycles. The molecule has 66 valence electrons. The first-order valence-corrected chi connectivity index (χ1v) is 4.70. The van der Waals surface area contributed by atoms with E-state index in [9.17, 15) is 0 Å². The minimum absolute atomic E-state index is 0.522. The lowest BCUT2D eigenvalue weighted by Crippen LogP contribution is -1.90. The zero-order valence-corrected chi connectivity index (χ0v) is 8.88. The standard InChI is InChI=1S/C8H8Cl2OS/c1-11-8-5(4-12)2-6(9)3-7(8)10/h2-3,12H,4H2,1H3. The van der Waals surface area contributed by atoms with E-state index < -0.39 is 0 Å². The average molecular weight is 223 g/mol. The first-order chi connectivity index (χ1) is 5.69. The Morgan fingerprint density at radius 3 is 2.58 bits per heavy atom. The minimum Gasteiger partial charge on any atom is -0.495 e. The summed E-state index contributed by atoms with van der Waals surface area (Å²) in [5.74, 6) is 1.21. The lowest BCUT2D eigenvalue weighted by molar-refractivity contribution is 0.411. The highest BCUT2D eigenvalue weighted by Crippen LogP contribution is 2.32. The first kappa shape index (κ1) is 10.0. The second kappa shape index (κ2) is 4.26. The molecule has 0 atom stereocenters. The van der Waals surface area contributed by atoms with Crippen LogP contribution in [0.15, 0.2) is 12.1 Å². The van der Waals surface area contributed by atoms with E-state index in [1.165, 1.54) is 0 Å². The number of hydrogen-bond acceptors (Lipinski definition) is 2. The molecule has 0 aromatic heterocycles. The maximum atomic E-state index is 5.87. The third kappa shape index (κ3) is 2.00. The van der Waals surface area contributed by atoms with E-state index in [1.807, 2.05) is 0 Å². The number of methoxy groups -OCH3 is 1. The van der Waals surface area contributed by atoms with E-state index >= 15 is 0 Å². The molecule has 0 radical (unpaired) electrons. The molecule has 0 amide bonds. The van der Waals surface area contributed by atoms with Crippen LogP contribution in [0.4, 0.5) is 0 Å². The van der Waals surface area contributed by atoms with Gasteiger partial charge in [-0.05, 0) is 12.1 Å². The normalized spacial score (nSPS) is 10.0. The summed E-state index contributed by atoms with van der Waals surface area (Å²) in [4.78, 5) is 0. The Morgan fingerprint density at radius 2 is 2.08 bits per heavy atom. The summed E-state index contributed by atoms with van der Waals surface area (Å²) in [6.45, 7) is 0. The van der Waals surface area contributed by atoms with Gasteiger partial charge >= 0.3 is 0 Å². The van der Waals surface area contributed by atoms with Crippen LogP contribution in [-0.2, 0) is 5.75 Å². The van der Waals surface area contributed by atoms with Gasteiger partial charge < -0.3 is 4.74 Å². The average Bonchev–Trinajstić information content (AvgIpc) is 2.03. The van der Waals surface area contributed by atoms with Gasteiger partial charge in [0.15, 0.2) is 0 Å². The topological polar surface area (TPSA) is 9.23 Å². The Balaban J connectivity index is 3.24. The Labute approximate surface area is 87.0 Å². The molecule has 0 bridgehead atoms. The third-order valence-corrected chi connectivity index (χ3v) is 2.30. The summed E-state index contributed by atoms with van der Waals surface area (Å²) in [5.41, 5.74) is 0.901. The lowest BCUT2D eigenvalue weighted by Gasteiger charge is -2.08. The van der Waals surface area contributed by atoms with Crippen molar-refractivity contribution in [3.8, 4) is 5.75 Å². The molecule has 0 saturated heterocycles. The van der Waals surface area contributed by atoms with Crippen molar-refractivity contribution in [2.75, 3.05) is 7.11 Å². The SMILES string of the molecule is COc1c(Cl)cc(Cl)cc1CS. The third-order valence-electron chi connectivity index (χ3n) is 1.46. The largest absolute Gasteiger partial charge is 0.495 e. The van der Waals surface area contributed by atoms with Gasteiger partial charge in [-0.3, -0.25) is 0 Å². The van der Waals surface area contributed by atoms with Gasteiger partial charge in [-0.1, -0.05) is 23.2 Å². The van der Waals surface area contributed by atoms with Crippen molar-refractivity contribution in [1.82, 2.24) is 0 Å². The van der Waals surface area contributed by atoms with Crippen LogP contribution in [-0.4, -0.2) is 7.11 Å². The van der Waals surface area contributed by atoms with Crippen LogP contribution in [0.5, 0.6) is 5.75 Å². The number of rotatable bonds is 2. The molecular weight excluding hydrogens is 215 g/mol. The van der Waals surface area contributed by atoms with Crippen molar-refractivity contribution < 1.29 is 4.74 Å². The summed E-state index contributed by atoms with van der Waals surface area (Å²) >= 11 is 15.8. The zero-order valence-electron chi connectivity index (χ0n) is 6.47. The Kier molecular flexibility index (Phi) is 3.56. The molecule has 1 aromatic rings. The molecule has 4 heteroatoms. The Bertz CT molecular complexity index is 289. The molecule has 0 N–H and O–H groups in total. The molecule has 0 spiro atoms. The predicted octanol–water partition coefficient (Wildman–Crippen LogP) is 3.43. The minimum atomic E-state index is 0.522. The highest BCUT2D eigenvalue weighted by molar-refractivity contribution is 7.79. The zero-order chi connectivity index (χ0) is 9.14. The van der Waals surface area contributed by atoms with Crippen LogP contribution < -0.4 is 4.74 Å². The molecule has 1 rings (SSSR count). The van der Waals surface area contributed by atoms with Gasteiger partial charge in [-0.2, -0.15) is 12.6 Å². The van der Waals surface area contributed by atoms with Crippen molar-refractivity contribution in [2.45, 2.75) is 5.75 Å². The van der Waals surface area contributed by atoms with E-state index in [1.54, 1.807) is 19.2 Å². The van der Waals surface area contributed by atoms with Gasteiger partial charge in [0, 0.05) is 16.3 Å². The van der Waals surface area contributed by atoms with E-state index in [0.717, 1.165) is 5.56 Å². The molecule has 0 aliphatic heterocycles. The van der Waals surface area contributed by atoms with Crippen LogP contribution in [0.2, 0.25) is 10.0 Å². The lowest BCUT2D eigenvalue weighted by atomic mass is 10.2. The fourth-order valence-electron chi connectivity index (χ4n) is 0.960. The Hall–Kier alpha value is -0.0500. The van der Waals surface area contributed by atoms with Crippen LogP contribution >= 0.6 is 35.8 Å². The molecule has 0 unspecified atom stereocenters. The van der Waals surface area contributed by atoms with Gasteiger partial charge in [0.25, 0.3) is 0 Å². The smallest absolute Gasteiger partial charge is 0.141 e. The van der Waals surface area contributed by atoms with Crippen LogP contribution in [0.3, 0.4) is 0 Å². The maximum Gasteiger partial charge on any atom is 0.141 e. The van der Waals surface area contributed by atoms with Crippen LogP contribution in [0.25, 0.3) is 0 Å². The summed E-state index contributed by atoms with van der Waals surface area (Å²) in [5, 5.41) is 1.12. The van der Waals surface area contributed by atoms with Gasteiger partial charge in [-0.15, -0.1) is 0 Å². The number of hydrogen-bond donors (Lipinski definition) is 1. The summed E-state index contributed by atoms with van der Waals surface area (Å²) in [6.07, 6.45) is 0. The van der Waals surface area contributed by atoms with Gasteiger partial charge in [-0.25, -0.2) is 0 Å². The van der Waals surface area contributed by atoms with E-state index in [0.29, 0.717) is 21.5 Å². The van der Waals surface area contributed by atoms with E-state index in [4.69, 9.17) is 27.9 Å². The molecule has 1 nitrogen and oxygen atoms in total. The highest BCUT2D eigenvalue weighted by atomic mass is 35.5. The second-order valence-corrected chi connectivity index (χ2v) is 3.40. The second-order valence-electron chi connectivity index (χ2n) is 2.24. The Morgan fingerprint density at radius 1 is 1.42 bits per heavy atom. The number of benzene rings is 1. The summed E-state index contributed by atoms with van der Waals surface area (Å²) in [6, 6.07) is 3.44. The number of ether oxygens (including phenoxy) is 1. The van der Waals surface area contributed by atoms with E-state index in [2.05, 4.69) is 12.6 Å². The molecule has 1 aromatic carbocycles. The molecule has 0 saturated carbocycles. The first-order valence-electron chi connectivity index (χ1n) is 3.31. The molecule has 12 heavy (non-hydrogen) atoms. The van der Waals surface area contributed by atoms with E-state index in [-0.39, 0.29) is 0 Å². The van der Waals surface area contributed by atoms with Crippen molar-refractivity contribution >= 4 is 35.8 Å².